The van der Waals surface area contributed by atoms with Gasteiger partial charge in [0.05, 0.1) is 16.6 Å². The summed E-state index contributed by atoms with van der Waals surface area (Å²) in [6.07, 6.45) is 2.54. The van der Waals surface area contributed by atoms with Crippen LogP contribution in [0.25, 0.3) is 11.0 Å². The smallest absolute Gasteiger partial charge is 0.118 e. The van der Waals surface area contributed by atoms with E-state index in [0.717, 1.165) is 21.9 Å². The molecule has 3 aromatic rings. The minimum absolute atomic E-state index is 0.280. The van der Waals surface area contributed by atoms with Crippen LogP contribution in [0.1, 0.15) is 24.7 Å². The normalized spacial score (nSPS) is 12.2. The highest BCUT2D eigenvalue weighted by Gasteiger charge is 2.30. The molecule has 0 radical (unpaired) electrons. The van der Waals surface area contributed by atoms with E-state index in [1.807, 2.05) is 29.8 Å². The summed E-state index contributed by atoms with van der Waals surface area (Å²) in [6, 6.07) is 5.80. The van der Waals surface area contributed by atoms with Crippen molar-refractivity contribution in [3.8, 4) is 0 Å². The number of aryl methyl sites for hydroxylation is 1. The van der Waals surface area contributed by atoms with Crippen LogP contribution in [0.4, 0.5) is 0 Å². The molecule has 0 saturated carbocycles. The molecule has 2 heterocycles. The molecule has 0 unspecified atom stereocenters. The Morgan fingerprint density at radius 2 is 2.14 bits per heavy atom. The van der Waals surface area contributed by atoms with Crippen molar-refractivity contribution in [1.82, 2.24) is 14.5 Å². The van der Waals surface area contributed by atoms with Crippen LogP contribution in [0.5, 0.6) is 0 Å². The van der Waals surface area contributed by atoms with E-state index in [9.17, 15) is 0 Å². The van der Waals surface area contributed by atoms with Gasteiger partial charge in [0.15, 0.2) is 0 Å². The molecule has 0 aliphatic heterocycles. The van der Waals surface area contributed by atoms with Crippen LogP contribution in [0, 0.1) is 0 Å². The first-order chi connectivity index (χ1) is 10.0. The van der Waals surface area contributed by atoms with E-state index in [0.29, 0.717) is 17.3 Å². The quantitative estimate of drug-likeness (QED) is 0.644. The van der Waals surface area contributed by atoms with Crippen molar-refractivity contribution in [2.45, 2.75) is 25.8 Å². The first-order valence-electron chi connectivity index (χ1n) is 6.67. The highest BCUT2D eigenvalue weighted by atomic mass is 35.5. The first kappa shape index (κ1) is 14.8. The fourth-order valence-corrected chi connectivity index (χ4v) is 3.69. The average Bonchev–Trinajstić information content (AvgIpc) is 3.05. The summed E-state index contributed by atoms with van der Waals surface area (Å²) in [5.74, 6) is 1.49. The summed E-state index contributed by atoms with van der Waals surface area (Å²) >= 11 is 13.7. The standard InChI is InChI=1S/C15H15Cl2N3S/c1-15(2,14-18-7-8-21-14)20-12-4-3-10(17)9-11(12)19-13(20)5-6-16/h3-4,7-9H,5-6H2,1-2H3. The Kier molecular flexibility index (Phi) is 3.95. The van der Waals surface area contributed by atoms with Crippen LogP contribution in [0.15, 0.2) is 29.8 Å². The number of benzene rings is 1. The highest BCUT2D eigenvalue weighted by Crippen LogP contribution is 2.33. The maximum absolute atomic E-state index is 6.09. The largest absolute Gasteiger partial charge is 0.316 e. The second-order valence-electron chi connectivity index (χ2n) is 5.33. The average molecular weight is 340 g/mol. The molecule has 0 atom stereocenters. The Balaban J connectivity index is 2.26. The molecule has 0 bridgehead atoms. The molecule has 110 valence electrons. The van der Waals surface area contributed by atoms with E-state index in [-0.39, 0.29) is 5.54 Å². The van der Waals surface area contributed by atoms with Crippen molar-refractivity contribution in [3.05, 3.63) is 45.6 Å². The molecule has 0 spiro atoms. The maximum Gasteiger partial charge on any atom is 0.118 e. The summed E-state index contributed by atoms with van der Waals surface area (Å²) in [4.78, 5) is 9.19. The van der Waals surface area contributed by atoms with Gasteiger partial charge >= 0.3 is 0 Å². The number of hydrogen-bond donors (Lipinski definition) is 0. The van der Waals surface area contributed by atoms with Crippen molar-refractivity contribution in [3.63, 3.8) is 0 Å². The molecule has 3 nitrogen and oxygen atoms in total. The predicted molar refractivity (Wildman–Crippen MR) is 89.7 cm³/mol. The van der Waals surface area contributed by atoms with Crippen LogP contribution in [0.3, 0.4) is 0 Å². The molecular weight excluding hydrogens is 325 g/mol. The number of imidazole rings is 1. The van der Waals surface area contributed by atoms with E-state index in [1.54, 1.807) is 11.3 Å². The Morgan fingerprint density at radius 3 is 2.81 bits per heavy atom. The van der Waals surface area contributed by atoms with Gasteiger partial charge in [0, 0.05) is 28.9 Å². The second kappa shape index (κ2) is 5.59. The Hall–Kier alpha value is -1.10. The van der Waals surface area contributed by atoms with Crippen molar-refractivity contribution in [2.75, 3.05) is 5.88 Å². The van der Waals surface area contributed by atoms with Crippen molar-refractivity contribution in [1.29, 1.82) is 0 Å². The molecule has 21 heavy (non-hydrogen) atoms. The topological polar surface area (TPSA) is 30.7 Å². The van der Waals surface area contributed by atoms with Crippen molar-refractivity contribution < 1.29 is 0 Å². The van der Waals surface area contributed by atoms with Crippen LogP contribution in [0.2, 0.25) is 5.02 Å². The van der Waals surface area contributed by atoms with Gasteiger partial charge in [-0.1, -0.05) is 11.6 Å². The lowest BCUT2D eigenvalue weighted by Gasteiger charge is -2.27. The third kappa shape index (κ3) is 2.56. The van der Waals surface area contributed by atoms with Crippen molar-refractivity contribution >= 4 is 45.6 Å². The zero-order chi connectivity index (χ0) is 15.0. The number of alkyl halides is 1. The van der Waals surface area contributed by atoms with Crippen LogP contribution < -0.4 is 0 Å². The van der Waals surface area contributed by atoms with Gasteiger partial charge in [-0.25, -0.2) is 9.97 Å². The fourth-order valence-electron chi connectivity index (χ4n) is 2.60. The van der Waals surface area contributed by atoms with E-state index in [2.05, 4.69) is 23.4 Å². The van der Waals surface area contributed by atoms with Gasteiger partial charge in [-0.2, -0.15) is 0 Å². The molecule has 0 N–H and O–H groups in total. The second-order valence-corrected chi connectivity index (χ2v) is 7.04. The van der Waals surface area contributed by atoms with E-state index < -0.39 is 0 Å². The van der Waals surface area contributed by atoms with Crippen LogP contribution >= 0.6 is 34.5 Å². The number of thiazole rings is 1. The van der Waals surface area contributed by atoms with Gasteiger partial charge in [-0.3, -0.25) is 0 Å². The maximum atomic E-state index is 6.09. The molecule has 0 amide bonds. The van der Waals surface area contributed by atoms with Gasteiger partial charge < -0.3 is 4.57 Å². The Bertz CT molecular complexity index is 763. The van der Waals surface area contributed by atoms with Crippen LogP contribution in [-0.4, -0.2) is 20.4 Å². The Morgan fingerprint density at radius 1 is 1.33 bits per heavy atom. The van der Waals surface area contributed by atoms with Gasteiger partial charge in [-0.05, 0) is 32.0 Å². The number of fused-ring (bicyclic) bond motifs is 1. The number of aromatic nitrogens is 3. The summed E-state index contributed by atoms with van der Waals surface area (Å²) in [5, 5.41) is 3.73. The summed E-state index contributed by atoms with van der Waals surface area (Å²) in [7, 11) is 0. The van der Waals surface area contributed by atoms with Crippen molar-refractivity contribution in [2.24, 2.45) is 0 Å². The summed E-state index contributed by atoms with van der Waals surface area (Å²) < 4.78 is 2.22. The molecule has 1 aromatic carbocycles. The first-order valence-corrected chi connectivity index (χ1v) is 8.46. The third-order valence-electron chi connectivity index (χ3n) is 3.52. The SMILES string of the molecule is CC(C)(c1nccs1)n1c(CCCl)nc2cc(Cl)ccc21. The number of hydrogen-bond acceptors (Lipinski definition) is 3. The summed E-state index contributed by atoms with van der Waals surface area (Å²) in [5.41, 5.74) is 1.67. The molecular formula is C15H15Cl2N3S. The minimum Gasteiger partial charge on any atom is -0.316 e. The number of halogens is 2. The van der Waals surface area contributed by atoms with Gasteiger partial charge in [0.25, 0.3) is 0 Å². The Labute approximate surface area is 137 Å². The monoisotopic (exact) mass is 339 g/mol. The van der Waals surface area contributed by atoms with Crippen LogP contribution in [-0.2, 0) is 12.0 Å². The number of nitrogens with zero attached hydrogens (tertiary/aromatic N) is 3. The predicted octanol–water partition coefficient (Wildman–Crippen LogP) is 4.71. The zero-order valence-electron chi connectivity index (χ0n) is 11.8. The number of rotatable bonds is 4. The lowest BCUT2D eigenvalue weighted by molar-refractivity contribution is 0.431. The van der Waals surface area contributed by atoms with E-state index >= 15 is 0 Å². The van der Waals surface area contributed by atoms with E-state index in [4.69, 9.17) is 28.2 Å². The van der Waals surface area contributed by atoms with Gasteiger partial charge in [0.2, 0.25) is 0 Å². The third-order valence-corrected chi connectivity index (χ3v) is 5.03. The molecule has 0 saturated heterocycles. The molecule has 2 aromatic heterocycles. The minimum atomic E-state index is -0.280. The molecule has 3 rings (SSSR count). The molecule has 6 heteroatoms. The molecule has 0 aliphatic carbocycles. The molecule has 0 fully saturated rings. The lowest BCUT2D eigenvalue weighted by Crippen LogP contribution is -2.29. The summed E-state index contributed by atoms with van der Waals surface area (Å²) in [6.45, 7) is 4.30. The van der Waals surface area contributed by atoms with Gasteiger partial charge in [0.1, 0.15) is 10.8 Å². The molecule has 0 aliphatic rings. The van der Waals surface area contributed by atoms with E-state index in [1.165, 1.54) is 0 Å². The highest BCUT2D eigenvalue weighted by molar-refractivity contribution is 7.09. The fraction of sp³-hybridized carbons (Fsp3) is 0.333. The lowest BCUT2D eigenvalue weighted by atomic mass is 10.1. The van der Waals surface area contributed by atoms with Gasteiger partial charge in [-0.15, -0.1) is 22.9 Å². The zero-order valence-corrected chi connectivity index (χ0v) is 14.1.